The highest BCUT2D eigenvalue weighted by Gasteiger charge is 2.13. The molecule has 0 radical (unpaired) electrons. The van der Waals surface area contributed by atoms with Crippen molar-refractivity contribution in [2.45, 2.75) is 13.8 Å². The summed E-state index contributed by atoms with van der Waals surface area (Å²) in [5, 5.41) is 4.83. The number of carbonyl (C=O) groups excluding carboxylic acids is 2. The highest BCUT2D eigenvalue weighted by Crippen LogP contribution is 2.17. The Morgan fingerprint density at radius 2 is 1.89 bits per heavy atom. The molecule has 0 aliphatic carbocycles. The SMILES string of the molecule is Cc1cccc(NC(=O)NC(=O)c2ccco2)c1C. The zero-order valence-corrected chi connectivity index (χ0v) is 10.7. The van der Waals surface area contributed by atoms with Crippen LogP contribution in [0.2, 0.25) is 0 Å². The fourth-order valence-corrected chi connectivity index (χ4v) is 1.61. The predicted molar refractivity (Wildman–Crippen MR) is 71.1 cm³/mol. The third kappa shape index (κ3) is 3.01. The van der Waals surface area contributed by atoms with E-state index in [9.17, 15) is 9.59 Å². The standard InChI is InChI=1S/C14H14N2O3/c1-9-5-3-6-11(10(9)2)15-14(18)16-13(17)12-7-4-8-19-12/h3-8H,1-2H3,(H2,15,16,17,18). The number of imide groups is 1. The van der Waals surface area contributed by atoms with Gasteiger partial charge in [0.15, 0.2) is 5.76 Å². The van der Waals surface area contributed by atoms with Crippen molar-refractivity contribution >= 4 is 17.6 Å². The van der Waals surface area contributed by atoms with Crippen LogP contribution in [-0.4, -0.2) is 11.9 Å². The van der Waals surface area contributed by atoms with Crippen molar-refractivity contribution < 1.29 is 14.0 Å². The van der Waals surface area contributed by atoms with E-state index in [0.717, 1.165) is 11.1 Å². The molecule has 0 saturated heterocycles. The molecule has 0 aliphatic heterocycles. The number of aryl methyl sites for hydroxylation is 1. The van der Waals surface area contributed by atoms with Gasteiger partial charge < -0.3 is 9.73 Å². The lowest BCUT2D eigenvalue weighted by atomic mass is 10.1. The summed E-state index contributed by atoms with van der Waals surface area (Å²) in [6, 6.07) is 8.05. The molecule has 0 bridgehead atoms. The lowest BCUT2D eigenvalue weighted by molar-refractivity contribution is 0.0940. The van der Waals surface area contributed by atoms with E-state index in [1.165, 1.54) is 12.3 Å². The first kappa shape index (κ1) is 12.9. The number of carbonyl (C=O) groups is 2. The molecule has 2 rings (SSSR count). The molecule has 5 nitrogen and oxygen atoms in total. The third-order valence-corrected chi connectivity index (χ3v) is 2.82. The molecule has 0 atom stereocenters. The normalized spacial score (nSPS) is 10.0. The third-order valence-electron chi connectivity index (χ3n) is 2.82. The van der Waals surface area contributed by atoms with Gasteiger partial charge in [-0.05, 0) is 43.2 Å². The van der Waals surface area contributed by atoms with Crippen molar-refractivity contribution in [3.63, 3.8) is 0 Å². The molecule has 0 saturated carbocycles. The van der Waals surface area contributed by atoms with Crippen molar-refractivity contribution in [1.82, 2.24) is 5.32 Å². The monoisotopic (exact) mass is 258 g/mol. The van der Waals surface area contributed by atoms with Crippen LogP contribution >= 0.6 is 0 Å². The largest absolute Gasteiger partial charge is 0.459 e. The molecule has 2 aromatic rings. The summed E-state index contributed by atoms with van der Waals surface area (Å²) in [4.78, 5) is 23.3. The molecule has 0 unspecified atom stereocenters. The van der Waals surface area contributed by atoms with E-state index in [2.05, 4.69) is 10.6 Å². The number of anilines is 1. The van der Waals surface area contributed by atoms with E-state index >= 15 is 0 Å². The van der Waals surface area contributed by atoms with Gasteiger partial charge in [-0.25, -0.2) is 4.79 Å². The Morgan fingerprint density at radius 1 is 1.11 bits per heavy atom. The number of nitrogens with one attached hydrogen (secondary N) is 2. The second kappa shape index (κ2) is 5.39. The van der Waals surface area contributed by atoms with Crippen LogP contribution < -0.4 is 10.6 Å². The van der Waals surface area contributed by atoms with Gasteiger partial charge in [-0.2, -0.15) is 0 Å². The number of hydrogen-bond donors (Lipinski definition) is 2. The molecular weight excluding hydrogens is 244 g/mol. The van der Waals surface area contributed by atoms with E-state index in [1.807, 2.05) is 26.0 Å². The molecule has 5 heteroatoms. The van der Waals surface area contributed by atoms with Gasteiger partial charge in [-0.1, -0.05) is 12.1 Å². The quantitative estimate of drug-likeness (QED) is 0.870. The zero-order valence-electron chi connectivity index (χ0n) is 10.7. The molecule has 1 heterocycles. The minimum atomic E-state index is -0.588. The molecule has 1 aromatic carbocycles. The molecule has 2 N–H and O–H groups in total. The average Bonchev–Trinajstić information content (AvgIpc) is 2.88. The molecule has 0 aliphatic rings. The first-order valence-electron chi connectivity index (χ1n) is 5.80. The lowest BCUT2D eigenvalue weighted by Crippen LogP contribution is -2.34. The van der Waals surface area contributed by atoms with Crippen LogP contribution in [0.4, 0.5) is 10.5 Å². The maximum Gasteiger partial charge on any atom is 0.326 e. The van der Waals surface area contributed by atoms with E-state index < -0.39 is 11.9 Å². The number of rotatable bonds is 2. The van der Waals surface area contributed by atoms with E-state index in [0.29, 0.717) is 5.69 Å². The van der Waals surface area contributed by atoms with Crippen molar-refractivity contribution in [2.24, 2.45) is 0 Å². The molecule has 1 aromatic heterocycles. The van der Waals surface area contributed by atoms with Gasteiger partial charge in [-0.15, -0.1) is 0 Å². The Hall–Kier alpha value is -2.56. The highest BCUT2D eigenvalue weighted by molar-refractivity contribution is 6.06. The summed E-state index contributed by atoms with van der Waals surface area (Å²) in [6.45, 7) is 3.85. The fraction of sp³-hybridized carbons (Fsp3) is 0.143. The predicted octanol–water partition coefficient (Wildman–Crippen LogP) is 2.86. The second-order valence-corrected chi connectivity index (χ2v) is 4.13. The minimum Gasteiger partial charge on any atom is -0.459 e. The Kier molecular flexibility index (Phi) is 3.66. The molecule has 19 heavy (non-hydrogen) atoms. The summed E-state index contributed by atoms with van der Waals surface area (Å²) in [5.74, 6) is -0.482. The second-order valence-electron chi connectivity index (χ2n) is 4.13. The Morgan fingerprint density at radius 3 is 2.58 bits per heavy atom. The molecule has 0 spiro atoms. The lowest BCUT2D eigenvalue weighted by Gasteiger charge is -2.10. The van der Waals surface area contributed by atoms with Crippen molar-refractivity contribution in [2.75, 3.05) is 5.32 Å². The highest BCUT2D eigenvalue weighted by atomic mass is 16.3. The topological polar surface area (TPSA) is 71.3 Å². The maximum absolute atomic E-state index is 11.7. The first-order chi connectivity index (χ1) is 9.08. The smallest absolute Gasteiger partial charge is 0.326 e. The number of amides is 3. The van der Waals surface area contributed by atoms with Crippen molar-refractivity contribution in [3.05, 3.63) is 53.5 Å². The van der Waals surface area contributed by atoms with Gasteiger partial charge in [0.25, 0.3) is 5.91 Å². The summed E-state index contributed by atoms with van der Waals surface area (Å²) in [5.41, 5.74) is 2.70. The molecule has 0 fully saturated rings. The Labute approximate surface area is 110 Å². The van der Waals surface area contributed by atoms with E-state index in [4.69, 9.17) is 4.42 Å². The maximum atomic E-state index is 11.7. The van der Waals surface area contributed by atoms with Crippen LogP contribution in [0.3, 0.4) is 0 Å². The van der Waals surface area contributed by atoms with Gasteiger partial charge >= 0.3 is 6.03 Å². The average molecular weight is 258 g/mol. The van der Waals surface area contributed by atoms with Crippen molar-refractivity contribution in [3.8, 4) is 0 Å². The van der Waals surface area contributed by atoms with Gasteiger partial charge in [0.2, 0.25) is 0 Å². The summed E-state index contributed by atoms with van der Waals surface area (Å²) in [6.07, 6.45) is 1.37. The van der Waals surface area contributed by atoms with Crippen LogP contribution in [0.1, 0.15) is 21.7 Å². The van der Waals surface area contributed by atoms with Gasteiger partial charge in [-0.3, -0.25) is 10.1 Å². The number of benzene rings is 1. The van der Waals surface area contributed by atoms with Gasteiger partial charge in [0, 0.05) is 5.69 Å². The summed E-state index contributed by atoms with van der Waals surface area (Å²) in [7, 11) is 0. The van der Waals surface area contributed by atoms with E-state index in [1.54, 1.807) is 12.1 Å². The molecule has 3 amide bonds. The Bertz CT molecular complexity index is 603. The zero-order chi connectivity index (χ0) is 13.8. The van der Waals surface area contributed by atoms with Crippen LogP contribution in [0, 0.1) is 13.8 Å². The first-order valence-corrected chi connectivity index (χ1v) is 5.80. The molecule has 98 valence electrons. The van der Waals surface area contributed by atoms with Crippen molar-refractivity contribution in [1.29, 1.82) is 0 Å². The summed E-state index contributed by atoms with van der Waals surface area (Å²) < 4.78 is 4.90. The van der Waals surface area contributed by atoms with Gasteiger partial charge in [0.05, 0.1) is 6.26 Å². The van der Waals surface area contributed by atoms with E-state index in [-0.39, 0.29) is 5.76 Å². The Balaban J connectivity index is 2.02. The van der Waals surface area contributed by atoms with Crippen LogP contribution in [0.25, 0.3) is 0 Å². The molecular formula is C14H14N2O3. The minimum absolute atomic E-state index is 0.0936. The summed E-state index contributed by atoms with van der Waals surface area (Å²) >= 11 is 0. The van der Waals surface area contributed by atoms with Crippen LogP contribution in [0.5, 0.6) is 0 Å². The fourth-order valence-electron chi connectivity index (χ4n) is 1.61. The van der Waals surface area contributed by atoms with Gasteiger partial charge in [0.1, 0.15) is 0 Å². The van der Waals surface area contributed by atoms with Crippen LogP contribution in [0.15, 0.2) is 41.0 Å². The number of hydrogen-bond acceptors (Lipinski definition) is 3. The number of furan rings is 1. The van der Waals surface area contributed by atoms with Crippen LogP contribution in [-0.2, 0) is 0 Å². The number of urea groups is 1.